The van der Waals surface area contributed by atoms with Gasteiger partial charge in [-0.1, -0.05) is 50.2 Å². The van der Waals surface area contributed by atoms with Gasteiger partial charge in [0, 0.05) is 29.8 Å². The molecule has 0 bridgehead atoms. The van der Waals surface area contributed by atoms with Crippen molar-refractivity contribution >= 4 is 11.9 Å². The van der Waals surface area contributed by atoms with Gasteiger partial charge in [0.05, 0.1) is 11.9 Å². The quantitative estimate of drug-likeness (QED) is 0.616. The van der Waals surface area contributed by atoms with Crippen LogP contribution in [-0.4, -0.2) is 23.4 Å². The van der Waals surface area contributed by atoms with E-state index < -0.39 is 17.3 Å². The average Bonchev–Trinajstić information content (AvgIpc) is 3.39. The number of rotatable bonds is 6. The van der Waals surface area contributed by atoms with Crippen molar-refractivity contribution in [1.29, 1.82) is 0 Å². The van der Waals surface area contributed by atoms with E-state index in [1.807, 2.05) is 32.0 Å². The zero-order chi connectivity index (χ0) is 18.1. The number of hydrogen-bond donors (Lipinski definition) is 1. The summed E-state index contributed by atoms with van der Waals surface area (Å²) in [4.78, 5) is 28.4. The van der Waals surface area contributed by atoms with Crippen molar-refractivity contribution < 1.29 is 44.3 Å². The molecule has 1 aliphatic rings. The molecule has 130 valence electrons. The number of pyridine rings is 1. The van der Waals surface area contributed by atoms with Crippen molar-refractivity contribution in [2.24, 2.45) is 5.92 Å². The Morgan fingerprint density at radius 2 is 1.92 bits per heavy atom. The summed E-state index contributed by atoms with van der Waals surface area (Å²) in [6.45, 7) is 4.44. The van der Waals surface area contributed by atoms with E-state index >= 15 is 0 Å². The number of carboxylic acids is 1. The maximum atomic E-state index is 12.6. The topological polar surface area (TPSA) is 82.1 Å². The Bertz CT molecular complexity index is 780. The molecule has 3 rings (SSSR count). The molecular formula is C20H21N2NaO3. The van der Waals surface area contributed by atoms with Crippen molar-refractivity contribution in [3.8, 4) is 0 Å². The standard InChI is InChI=1S/C20H22N2O3.Na/c1-19(2,15-9-6-10-21-12-15)13-22-17(23)16-11-20(16,18(24)25)14-7-4-3-5-8-14;/h3-10,12,16H,11,13H2,1-2H3,(H,22,23)(H,24,25);/q;+1/p-1/t16-,20+;/m0./s1. The molecule has 0 unspecified atom stereocenters. The third kappa shape index (κ3) is 3.85. The summed E-state index contributed by atoms with van der Waals surface area (Å²) >= 11 is 0. The number of benzene rings is 1. The summed E-state index contributed by atoms with van der Waals surface area (Å²) < 4.78 is 0. The van der Waals surface area contributed by atoms with Gasteiger partial charge in [-0.05, 0) is 23.6 Å². The van der Waals surface area contributed by atoms with Crippen LogP contribution in [-0.2, 0) is 20.4 Å². The third-order valence-corrected chi connectivity index (χ3v) is 5.08. The van der Waals surface area contributed by atoms with Crippen molar-refractivity contribution in [1.82, 2.24) is 10.3 Å². The number of amides is 1. The van der Waals surface area contributed by atoms with E-state index in [0.717, 1.165) is 5.56 Å². The maximum absolute atomic E-state index is 12.6. The van der Waals surface area contributed by atoms with E-state index in [9.17, 15) is 14.7 Å². The third-order valence-electron chi connectivity index (χ3n) is 5.08. The molecule has 0 radical (unpaired) electrons. The Morgan fingerprint density at radius 3 is 2.50 bits per heavy atom. The van der Waals surface area contributed by atoms with Crippen LogP contribution in [0.3, 0.4) is 0 Å². The Hall–Kier alpha value is -1.69. The van der Waals surface area contributed by atoms with E-state index in [-0.39, 0.29) is 47.3 Å². The van der Waals surface area contributed by atoms with Gasteiger partial charge < -0.3 is 15.2 Å². The monoisotopic (exact) mass is 360 g/mol. The van der Waals surface area contributed by atoms with Crippen LogP contribution < -0.4 is 40.0 Å². The molecule has 0 spiro atoms. The van der Waals surface area contributed by atoms with Crippen LogP contribution in [0.4, 0.5) is 0 Å². The fourth-order valence-electron chi connectivity index (χ4n) is 3.27. The number of aliphatic carboxylic acids is 1. The number of carbonyl (C=O) groups is 2. The van der Waals surface area contributed by atoms with Gasteiger partial charge in [0.2, 0.25) is 5.91 Å². The Balaban J connectivity index is 0.00000243. The van der Waals surface area contributed by atoms with Crippen molar-refractivity contribution in [3.63, 3.8) is 0 Å². The second kappa shape index (κ2) is 7.91. The van der Waals surface area contributed by atoms with Crippen LogP contribution >= 0.6 is 0 Å². The summed E-state index contributed by atoms with van der Waals surface area (Å²) in [6.07, 6.45) is 3.76. The minimum atomic E-state index is -1.20. The van der Waals surface area contributed by atoms with Gasteiger partial charge in [-0.2, -0.15) is 0 Å². The molecule has 26 heavy (non-hydrogen) atoms. The zero-order valence-corrected chi connectivity index (χ0v) is 17.4. The van der Waals surface area contributed by atoms with Crippen molar-refractivity contribution in [2.45, 2.75) is 31.1 Å². The number of nitrogens with one attached hydrogen (secondary N) is 1. The van der Waals surface area contributed by atoms with Gasteiger partial charge in [-0.3, -0.25) is 9.78 Å². The summed E-state index contributed by atoms with van der Waals surface area (Å²) in [7, 11) is 0. The minimum absolute atomic E-state index is 0. The molecule has 1 saturated carbocycles. The van der Waals surface area contributed by atoms with Gasteiger partial charge in [0.25, 0.3) is 0 Å². The number of nitrogens with zero attached hydrogens (tertiary/aromatic N) is 1. The van der Waals surface area contributed by atoms with Crippen molar-refractivity contribution in [2.75, 3.05) is 6.54 Å². The zero-order valence-electron chi connectivity index (χ0n) is 15.4. The first-order valence-electron chi connectivity index (χ1n) is 8.33. The minimum Gasteiger partial charge on any atom is -0.549 e. The molecule has 0 saturated heterocycles. The molecule has 1 aromatic carbocycles. The van der Waals surface area contributed by atoms with Crippen LogP contribution in [0, 0.1) is 5.92 Å². The summed E-state index contributed by atoms with van der Waals surface area (Å²) in [6, 6.07) is 12.7. The summed E-state index contributed by atoms with van der Waals surface area (Å²) in [5.41, 5.74) is 0.140. The first kappa shape index (κ1) is 20.6. The van der Waals surface area contributed by atoms with E-state index in [4.69, 9.17) is 0 Å². The van der Waals surface area contributed by atoms with Gasteiger partial charge >= 0.3 is 29.6 Å². The molecule has 1 heterocycles. The number of aromatic nitrogens is 1. The Labute approximate surface area is 175 Å². The molecule has 1 amide bonds. The molecule has 1 aliphatic carbocycles. The Morgan fingerprint density at radius 1 is 1.23 bits per heavy atom. The Kier molecular flexibility index (Phi) is 6.27. The smallest absolute Gasteiger partial charge is 0.549 e. The number of carboxylic acid groups (broad SMARTS) is 1. The maximum Gasteiger partial charge on any atom is 1.00 e. The van der Waals surface area contributed by atoms with E-state index in [1.165, 1.54) is 0 Å². The molecule has 1 aromatic heterocycles. The molecule has 1 N–H and O–H groups in total. The summed E-state index contributed by atoms with van der Waals surface area (Å²) in [5.74, 6) is -2.03. The molecule has 5 nitrogen and oxygen atoms in total. The first-order valence-corrected chi connectivity index (χ1v) is 8.33. The molecule has 2 atom stereocenters. The molecule has 6 heteroatoms. The fourth-order valence-corrected chi connectivity index (χ4v) is 3.27. The number of carbonyl (C=O) groups excluding carboxylic acids is 2. The molecule has 0 aliphatic heterocycles. The van der Waals surface area contributed by atoms with Gasteiger partial charge in [0.1, 0.15) is 0 Å². The van der Waals surface area contributed by atoms with Crippen LogP contribution in [0.15, 0.2) is 54.9 Å². The largest absolute Gasteiger partial charge is 1.00 e. The van der Waals surface area contributed by atoms with E-state index in [2.05, 4.69) is 10.3 Å². The average molecular weight is 360 g/mol. The van der Waals surface area contributed by atoms with E-state index in [0.29, 0.717) is 12.1 Å². The second-order valence-electron chi connectivity index (χ2n) is 7.22. The fraction of sp³-hybridized carbons (Fsp3) is 0.350. The molecular weight excluding hydrogens is 339 g/mol. The predicted octanol–water partition coefficient (Wildman–Crippen LogP) is -1.81. The predicted molar refractivity (Wildman–Crippen MR) is 91.5 cm³/mol. The van der Waals surface area contributed by atoms with Crippen LogP contribution in [0.1, 0.15) is 31.4 Å². The molecule has 2 aromatic rings. The van der Waals surface area contributed by atoms with Gasteiger partial charge in [0.15, 0.2) is 0 Å². The van der Waals surface area contributed by atoms with Gasteiger partial charge in [-0.25, -0.2) is 0 Å². The summed E-state index contributed by atoms with van der Waals surface area (Å²) in [5, 5.41) is 14.6. The second-order valence-corrected chi connectivity index (χ2v) is 7.22. The van der Waals surface area contributed by atoms with Crippen molar-refractivity contribution in [3.05, 3.63) is 66.0 Å². The van der Waals surface area contributed by atoms with E-state index in [1.54, 1.807) is 36.7 Å². The van der Waals surface area contributed by atoms with Crippen LogP contribution in [0.25, 0.3) is 0 Å². The van der Waals surface area contributed by atoms with Crippen LogP contribution in [0.5, 0.6) is 0 Å². The normalized spacial score (nSPS) is 21.4. The molecule has 1 fully saturated rings. The van der Waals surface area contributed by atoms with Crippen LogP contribution in [0.2, 0.25) is 0 Å². The first-order chi connectivity index (χ1) is 11.9. The number of hydrogen-bond acceptors (Lipinski definition) is 4. The van der Waals surface area contributed by atoms with Gasteiger partial charge in [-0.15, -0.1) is 0 Å². The SMILES string of the molecule is CC(C)(CNC(=O)[C@@H]1C[C@@]1(C(=O)[O-])c1ccccc1)c1cccnc1.[Na+].